The van der Waals surface area contributed by atoms with Gasteiger partial charge in [-0.1, -0.05) is 50.6 Å². The van der Waals surface area contributed by atoms with Crippen LogP contribution in [0.1, 0.15) is 86.1 Å². The van der Waals surface area contributed by atoms with Gasteiger partial charge in [-0.2, -0.15) is 0 Å². The standard InChI is InChI=1S/C9H12.C8H17N.C7H16N2.C7H15NO/c2*1-8(2)9-6-4-3-5-7-9;1-7(2)9-5-3-8-4-6-9;1-7(2)8-3-5-9-6-4-8/h3-8H,1-2H3;8H,3-7H2,1-2H3;7-8H,3-6H2,1-2H3;7H,3-6H2,1-2H3. The molecule has 36 heavy (non-hydrogen) atoms. The molecular formula is C31H60N4O. The van der Waals surface area contributed by atoms with Gasteiger partial charge >= 0.3 is 0 Å². The fourth-order valence-electron chi connectivity index (χ4n) is 4.57. The largest absolute Gasteiger partial charge is 0.379 e. The second-order valence-corrected chi connectivity index (χ2v) is 11.4. The maximum atomic E-state index is 5.21. The van der Waals surface area contributed by atoms with E-state index in [1.165, 1.54) is 51.0 Å². The summed E-state index contributed by atoms with van der Waals surface area (Å²) in [5, 5.41) is 3.33. The maximum Gasteiger partial charge on any atom is 0.0594 e. The molecule has 3 aliphatic heterocycles. The number of nitrogens with one attached hydrogen (secondary N) is 1. The predicted molar refractivity (Wildman–Crippen MR) is 158 cm³/mol. The summed E-state index contributed by atoms with van der Waals surface area (Å²) >= 11 is 0. The summed E-state index contributed by atoms with van der Waals surface area (Å²) in [6, 6.07) is 12.7. The topological polar surface area (TPSA) is 31.0 Å². The Balaban J connectivity index is 0.000000240. The fraction of sp³-hybridized carbons (Fsp3) is 0.806. The smallest absolute Gasteiger partial charge is 0.0594 e. The molecule has 3 heterocycles. The van der Waals surface area contributed by atoms with Crippen LogP contribution in [0.5, 0.6) is 0 Å². The van der Waals surface area contributed by atoms with Crippen LogP contribution < -0.4 is 5.32 Å². The highest BCUT2D eigenvalue weighted by molar-refractivity contribution is 5.17. The number of hydrogen-bond donors (Lipinski definition) is 1. The summed E-state index contributed by atoms with van der Waals surface area (Å²) in [5.74, 6) is 0.659. The van der Waals surface area contributed by atoms with Crippen molar-refractivity contribution in [2.24, 2.45) is 0 Å². The molecule has 0 atom stereocenters. The Morgan fingerprint density at radius 3 is 1.36 bits per heavy atom. The normalized spacial score (nSPS) is 19.8. The van der Waals surface area contributed by atoms with E-state index < -0.39 is 0 Å². The fourth-order valence-corrected chi connectivity index (χ4v) is 4.57. The third-order valence-electron chi connectivity index (χ3n) is 7.25. The lowest BCUT2D eigenvalue weighted by Crippen LogP contribution is -2.46. The monoisotopic (exact) mass is 504 g/mol. The molecule has 0 unspecified atom stereocenters. The number of morpholine rings is 1. The van der Waals surface area contributed by atoms with E-state index >= 15 is 0 Å². The minimum absolute atomic E-state index is 0.659. The molecule has 3 aliphatic rings. The molecule has 5 heteroatoms. The summed E-state index contributed by atoms with van der Waals surface area (Å²) in [6.45, 7) is 29.4. The van der Waals surface area contributed by atoms with Crippen LogP contribution in [0.4, 0.5) is 0 Å². The zero-order valence-corrected chi connectivity index (χ0v) is 25.1. The summed E-state index contributed by atoms with van der Waals surface area (Å²) in [6.07, 6.45) is 4.28. The number of rotatable bonds is 4. The molecule has 1 aromatic rings. The van der Waals surface area contributed by atoms with Gasteiger partial charge in [0, 0.05) is 57.4 Å². The molecule has 210 valence electrons. The number of ether oxygens (including phenoxy) is 1. The van der Waals surface area contributed by atoms with Gasteiger partial charge in [-0.3, -0.25) is 9.80 Å². The molecular weight excluding hydrogens is 444 g/mol. The van der Waals surface area contributed by atoms with Crippen molar-refractivity contribution in [3.63, 3.8) is 0 Å². The van der Waals surface area contributed by atoms with E-state index in [4.69, 9.17) is 4.74 Å². The van der Waals surface area contributed by atoms with Crippen molar-refractivity contribution in [2.45, 2.75) is 98.7 Å². The minimum Gasteiger partial charge on any atom is -0.379 e. The summed E-state index contributed by atoms with van der Waals surface area (Å²) < 4.78 is 5.21. The number of likely N-dealkylation sites (tertiary alicyclic amines) is 1. The SMILES string of the molecule is CC(C)N1CCCCC1.CC(C)N1CCNCC1.CC(C)N1CCOCC1.CC(C)c1ccccc1. The van der Waals surface area contributed by atoms with E-state index in [2.05, 4.69) is 99.7 Å². The van der Waals surface area contributed by atoms with Gasteiger partial charge in [0.15, 0.2) is 0 Å². The lowest BCUT2D eigenvalue weighted by molar-refractivity contribution is 0.0238. The van der Waals surface area contributed by atoms with Crippen molar-refractivity contribution >= 4 is 0 Å². The van der Waals surface area contributed by atoms with Crippen LogP contribution in [0.2, 0.25) is 0 Å². The van der Waals surface area contributed by atoms with Crippen molar-refractivity contribution in [1.29, 1.82) is 0 Å². The molecule has 0 spiro atoms. The highest BCUT2D eigenvalue weighted by Gasteiger charge is 2.13. The molecule has 1 aromatic carbocycles. The molecule has 1 N–H and O–H groups in total. The van der Waals surface area contributed by atoms with Gasteiger partial charge < -0.3 is 15.0 Å². The first-order valence-electron chi connectivity index (χ1n) is 14.8. The molecule has 0 aliphatic carbocycles. The molecule has 0 bridgehead atoms. The summed E-state index contributed by atoms with van der Waals surface area (Å²) in [5.41, 5.74) is 1.41. The molecule has 3 fully saturated rings. The molecule has 0 amide bonds. The second-order valence-electron chi connectivity index (χ2n) is 11.4. The maximum absolute atomic E-state index is 5.21. The molecule has 0 radical (unpaired) electrons. The van der Waals surface area contributed by atoms with Crippen LogP contribution in [0.15, 0.2) is 30.3 Å². The first kappa shape index (κ1) is 33.0. The average Bonchev–Trinajstić information content (AvgIpc) is 2.92. The molecule has 0 saturated carbocycles. The van der Waals surface area contributed by atoms with Crippen molar-refractivity contribution in [1.82, 2.24) is 20.0 Å². The van der Waals surface area contributed by atoms with Crippen LogP contribution in [0, 0.1) is 0 Å². The van der Waals surface area contributed by atoms with Gasteiger partial charge in [-0.15, -0.1) is 0 Å². The highest BCUT2D eigenvalue weighted by Crippen LogP contribution is 2.12. The van der Waals surface area contributed by atoms with Crippen LogP contribution in [0.25, 0.3) is 0 Å². The Labute approximate surface area is 224 Å². The third-order valence-corrected chi connectivity index (χ3v) is 7.25. The van der Waals surface area contributed by atoms with Gasteiger partial charge in [0.25, 0.3) is 0 Å². The molecule has 0 aromatic heterocycles. The van der Waals surface area contributed by atoms with Crippen molar-refractivity contribution in [2.75, 3.05) is 65.6 Å². The molecule has 5 nitrogen and oxygen atoms in total. The van der Waals surface area contributed by atoms with E-state index in [0.717, 1.165) is 51.5 Å². The van der Waals surface area contributed by atoms with Crippen LogP contribution in [-0.4, -0.2) is 98.4 Å². The van der Waals surface area contributed by atoms with Crippen LogP contribution in [-0.2, 0) is 4.74 Å². The second kappa shape index (κ2) is 20.0. The zero-order valence-electron chi connectivity index (χ0n) is 25.1. The van der Waals surface area contributed by atoms with Crippen molar-refractivity contribution < 1.29 is 4.74 Å². The lowest BCUT2D eigenvalue weighted by atomic mass is 10.0. The zero-order chi connectivity index (χ0) is 26.8. The molecule has 3 saturated heterocycles. The lowest BCUT2D eigenvalue weighted by Gasteiger charge is -2.30. The van der Waals surface area contributed by atoms with Crippen molar-refractivity contribution in [3.8, 4) is 0 Å². The van der Waals surface area contributed by atoms with Crippen LogP contribution >= 0.6 is 0 Å². The Morgan fingerprint density at radius 2 is 1.03 bits per heavy atom. The number of hydrogen-bond acceptors (Lipinski definition) is 5. The quantitative estimate of drug-likeness (QED) is 0.567. The van der Waals surface area contributed by atoms with E-state index in [1.54, 1.807) is 0 Å². The summed E-state index contributed by atoms with van der Waals surface area (Å²) in [7, 11) is 0. The van der Waals surface area contributed by atoms with E-state index in [1.807, 2.05) is 6.07 Å². The highest BCUT2D eigenvalue weighted by atomic mass is 16.5. The predicted octanol–water partition coefficient (Wildman–Crippen LogP) is 5.72. The van der Waals surface area contributed by atoms with Gasteiger partial charge in [-0.25, -0.2) is 0 Å². The Kier molecular flexibility index (Phi) is 18.4. The van der Waals surface area contributed by atoms with Gasteiger partial charge in [-0.05, 0) is 79.0 Å². The van der Waals surface area contributed by atoms with Gasteiger partial charge in [0.2, 0.25) is 0 Å². The number of piperidine rings is 1. The van der Waals surface area contributed by atoms with Gasteiger partial charge in [0.1, 0.15) is 0 Å². The first-order valence-corrected chi connectivity index (χ1v) is 14.8. The minimum atomic E-state index is 0.659. The van der Waals surface area contributed by atoms with Crippen LogP contribution in [0.3, 0.4) is 0 Å². The first-order chi connectivity index (χ1) is 17.2. The summed E-state index contributed by atoms with van der Waals surface area (Å²) in [4.78, 5) is 7.49. The molecule has 4 rings (SSSR count). The Morgan fingerprint density at radius 1 is 0.583 bits per heavy atom. The number of piperazine rings is 1. The van der Waals surface area contributed by atoms with E-state index in [9.17, 15) is 0 Å². The number of benzene rings is 1. The number of nitrogens with zero attached hydrogens (tertiary/aromatic N) is 3. The third kappa shape index (κ3) is 15.3. The Hall–Kier alpha value is -0.980. The Bertz CT molecular complexity index is 550. The van der Waals surface area contributed by atoms with Gasteiger partial charge in [0.05, 0.1) is 13.2 Å². The van der Waals surface area contributed by atoms with E-state index in [-0.39, 0.29) is 0 Å². The van der Waals surface area contributed by atoms with E-state index in [0.29, 0.717) is 12.0 Å². The average molecular weight is 505 g/mol. The van der Waals surface area contributed by atoms with Crippen molar-refractivity contribution in [3.05, 3.63) is 35.9 Å².